The number of benzene rings is 2. The lowest BCUT2D eigenvalue weighted by Crippen LogP contribution is -2.57. The van der Waals surface area contributed by atoms with Crippen molar-refractivity contribution >= 4 is 22.1 Å². The third-order valence-corrected chi connectivity index (χ3v) is 8.57. The molecule has 0 aliphatic carbocycles. The van der Waals surface area contributed by atoms with Crippen LogP contribution in [0.15, 0.2) is 54.6 Å². The Morgan fingerprint density at radius 3 is 2.60 bits per heavy atom. The Morgan fingerprint density at radius 2 is 1.91 bits per heavy atom. The number of carbonyl (C=O) groups is 1. The highest BCUT2D eigenvalue weighted by molar-refractivity contribution is 7.88. The first-order chi connectivity index (χ1) is 16.8. The van der Waals surface area contributed by atoms with Crippen molar-refractivity contribution in [3.8, 4) is 5.75 Å². The Hall–Kier alpha value is -2.68. The zero-order valence-corrected chi connectivity index (χ0v) is 21.2. The summed E-state index contributed by atoms with van der Waals surface area (Å²) in [7, 11) is -1.42. The molecular weight excluding hydrogens is 464 g/mol. The molecule has 0 saturated carbocycles. The highest BCUT2D eigenvalue weighted by Gasteiger charge is 2.44. The number of piperidine rings is 2. The Balaban J connectivity index is 0.000000221. The van der Waals surface area contributed by atoms with E-state index >= 15 is 0 Å². The Morgan fingerprint density at radius 1 is 1.14 bits per heavy atom. The zero-order chi connectivity index (χ0) is 25.0. The van der Waals surface area contributed by atoms with E-state index in [1.54, 1.807) is 17.5 Å². The molecule has 3 atom stereocenters. The first kappa shape index (κ1) is 25.4. The smallest absolute Gasteiger partial charge is 0.328 e. The molecule has 0 spiro atoms. The minimum atomic E-state index is -3.13. The van der Waals surface area contributed by atoms with Crippen LogP contribution in [0.3, 0.4) is 0 Å². The summed E-state index contributed by atoms with van der Waals surface area (Å²) < 4.78 is 31.6. The van der Waals surface area contributed by atoms with Crippen molar-refractivity contribution in [2.45, 2.75) is 37.8 Å². The lowest BCUT2D eigenvalue weighted by atomic mass is 9.77. The van der Waals surface area contributed by atoms with Gasteiger partial charge in [-0.15, -0.1) is 0 Å². The van der Waals surface area contributed by atoms with Gasteiger partial charge in [0.1, 0.15) is 5.75 Å². The SMILES string of the molecule is COc1ccc2c(c1)CCN1C[C@H]3CCCN(S(C)(=O)=O)[C@H]3C[C@@H]21.O=C(O)C=Cc1ccccc1. The minimum absolute atomic E-state index is 0.156. The Kier molecular flexibility index (Phi) is 7.94. The van der Waals surface area contributed by atoms with Gasteiger partial charge in [-0.2, -0.15) is 4.31 Å². The molecule has 0 bridgehead atoms. The fourth-order valence-corrected chi connectivity index (χ4v) is 6.87. The van der Waals surface area contributed by atoms with Crippen LogP contribution >= 0.6 is 0 Å². The molecule has 3 aliphatic heterocycles. The average molecular weight is 499 g/mol. The van der Waals surface area contributed by atoms with E-state index in [0.29, 0.717) is 18.5 Å². The summed E-state index contributed by atoms with van der Waals surface area (Å²) in [6.45, 7) is 2.77. The van der Waals surface area contributed by atoms with E-state index in [1.165, 1.54) is 17.4 Å². The molecule has 35 heavy (non-hydrogen) atoms. The van der Waals surface area contributed by atoms with Gasteiger partial charge in [0, 0.05) is 37.8 Å². The van der Waals surface area contributed by atoms with Crippen LogP contribution in [0.25, 0.3) is 6.08 Å². The van der Waals surface area contributed by atoms with Crippen LogP contribution < -0.4 is 4.74 Å². The molecular formula is C27H34N2O5S. The number of carboxylic acids is 1. The maximum Gasteiger partial charge on any atom is 0.328 e. The predicted octanol–water partition coefficient (Wildman–Crippen LogP) is 3.82. The second-order valence-electron chi connectivity index (χ2n) is 9.49. The van der Waals surface area contributed by atoms with E-state index in [9.17, 15) is 13.2 Å². The van der Waals surface area contributed by atoms with Crippen molar-refractivity contribution in [1.82, 2.24) is 9.21 Å². The maximum atomic E-state index is 12.2. The summed E-state index contributed by atoms with van der Waals surface area (Å²) in [6, 6.07) is 16.2. The second-order valence-corrected chi connectivity index (χ2v) is 11.4. The average Bonchev–Trinajstić information content (AvgIpc) is 2.86. The number of hydrogen-bond acceptors (Lipinski definition) is 5. The molecule has 2 aromatic carbocycles. The number of nitrogens with zero attached hydrogens (tertiary/aromatic N) is 2. The van der Waals surface area contributed by atoms with Gasteiger partial charge in [-0.3, -0.25) is 4.90 Å². The third-order valence-electron chi connectivity index (χ3n) is 7.26. The van der Waals surface area contributed by atoms with Gasteiger partial charge in [0.15, 0.2) is 0 Å². The Bertz CT molecular complexity index is 1170. The van der Waals surface area contributed by atoms with Crippen molar-refractivity contribution in [3.63, 3.8) is 0 Å². The van der Waals surface area contributed by atoms with E-state index in [0.717, 1.165) is 56.2 Å². The van der Waals surface area contributed by atoms with Crippen molar-refractivity contribution in [3.05, 3.63) is 71.3 Å². The minimum Gasteiger partial charge on any atom is -0.497 e. The van der Waals surface area contributed by atoms with Crippen molar-refractivity contribution in [2.75, 3.05) is 33.0 Å². The first-order valence-corrected chi connectivity index (χ1v) is 13.9. The fourth-order valence-electron chi connectivity index (χ4n) is 5.66. The number of ether oxygens (including phenoxy) is 1. The molecule has 0 aromatic heterocycles. The molecule has 3 aliphatic rings. The maximum absolute atomic E-state index is 12.2. The summed E-state index contributed by atoms with van der Waals surface area (Å²) >= 11 is 0. The van der Waals surface area contributed by atoms with E-state index in [2.05, 4.69) is 17.0 Å². The predicted molar refractivity (Wildman–Crippen MR) is 137 cm³/mol. The van der Waals surface area contributed by atoms with Crippen LogP contribution in [-0.2, 0) is 21.2 Å². The highest BCUT2D eigenvalue weighted by atomic mass is 32.2. The third kappa shape index (κ3) is 6.12. The molecule has 0 radical (unpaired) electrons. The number of methoxy groups -OCH3 is 1. The lowest BCUT2D eigenvalue weighted by Gasteiger charge is -2.51. The monoisotopic (exact) mass is 498 g/mol. The molecule has 2 saturated heterocycles. The van der Waals surface area contributed by atoms with Crippen molar-refractivity contribution in [1.29, 1.82) is 0 Å². The molecule has 2 aromatic rings. The van der Waals surface area contributed by atoms with Gasteiger partial charge in [-0.1, -0.05) is 36.4 Å². The van der Waals surface area contributed by atoms with Crippen LogP contribution in [0.5, 0.6) is 5.75 Å². The number of hydrogen-bond donors (Lipinski definition) is 1. The molecule has 188 valence electrons. The summed E-state index contributed by atoms with van der Waals surface area (Å²) in [6.07, 6.45) is 8.14. The summed E-state index contributed by atoms with van der Waals surface area (Å²) in [5.74, 6) is 0.463. The molecule has 3 heterocycles. The molecule has 8 heteroatoms. The largest absolute Gasteiger partial charge is 0.497 e. The molecule has 0 amide bonds. The quantitative estimate of drug-likeness (QED) is 0.645. The van der Waals surface area contributed by atoms with E-state index < -0.39 is 16.0 Å². The number of carboxylic acid groups (broad SMARTS) is 1. The Labute approximate surface area is 208 Å². The van der Waals surface area contributed by atoms with E-state index in [1.807, 2.05) is 36.4 Å². The van der Waals surface area contributed by atoms with Crippen LogP contribution in [0.1, 0.15) is 42.0 Å². The van der Waals surface area contributed by atoms with Gasteiger partial charge in [-0.25, -0.2) is 13.2 Å². The van der Waals surface area contributed by atoms with Gasteiger partial charge in [-0.05, 0) is 66.5 Å². The molecule has 1 N–H and O–H groups in total. The zero-order valence-electron chi connectivity index (χ0n) is 20.3. The van der Waals surface area contributed by atoms with Gasteiger partial charge in [0.25, 0.3) is 0 Å². The van der Waals surface area contributed by atoms with Gasteiger partial charge < -0.3 is 9.84 Å². The van der Waals surface area contributed by atoms with Gasteiger partial charge in [0.2, 0.25) is 10.0 Å². The van der Waals surface area contributed by atoms with Crippen LogP contribution in [0.4, 0.5) is 0 Å². The normalized spacial score (nSPS) is 24.5. The summed E-state index contributed by atoms with van der Waals surface area (Å²) in [5, 5.41) is 8.29. The van der Waals surface area contributed by atoms with Gasteiger partial charge in [0.05, 0.1) is 13.4 Å². The molecule has 5 rings (SSSR count). The topological polar surface area (TPSA) is 87.2 Å². The standard InChI is InChI=1S/C18H26N2O3S.C9H8O2/c1-23-15-5-6-16-13(10-15)7-9-19-12-14-4-3-8-20(24(2,21)22)17(14)11-18(16)19;10-9(11)7-6-8-4-2-1-3-5-8/h5-6,10,14,17-18H,3-4,7-9,11-12H2,1-2H3;1-7H,(H,10,11)/t14-,17+,18+;/m1./s1. The molecule has 0 unspecified atom stereocenters. The van der Waals surface area contributed by atoms with Crippen LogP contribution in [0.2, 0.25) is 0 Å². The fraction of sp³-hybridized carbons (Fsp3) is 0.444. The number of aliphatic carboxylic acids is 1. The van der Waals surface area contributed by atoms with E-state index in [4.69, 9.17) is 9.84 Å². The number of rotatable bonds is 4. The molecule has 2 fully saturated rings. The highest BCUT2D eigenvalue weighted by Crippen LogP contribution is 2.43. The summed E-state index contributed by atoms with van der Waals surface area (Å²) in [4.78, 5) is 12.7. The van der Waals surface area contributed by atoms with Crippen molar-refractivity contribution < 1.29 is 23.1 Å². The van der Waals surface area contributed by atoms with Crippen molar-refractivity contribution in [2.24, 2.45) is 5.92 Å². The lowest BCUT2D eigenvalue weighted by molar-refractivity contribution is -0.131. The number of fused-ring (bicyclic) bond motifs is 4. The van der Waals surface area contributed by atoms with Crippen LogP contribution in [0, 0.1) is 5.92 Å². The second kappa shape index (κ2) is 10.9. The summed E-state index contributed by atoms with van der Waals surface area (Å²) in [5.41, 5.74) is 3.62. The molecule has 7 nitrogen and oxygen atoms in total. The first-order valence-electron chi connectivity index (χ1n) is 12.1. The van der Waals surface area contributed by atoms with Gasteiger partial charge >= 0.3 is 5.97 Å². The van der Waals surface area contributed by atoms with Crippen LogP contribution in [-0.4, -0.2) is 67.7 Å². The number of sulfonamides is 1. The van der Waals surface area contributed by atoms with E-state index in [-0.39, 0.29) is 6.04 Å².